The van der Waals surface area contributed by atoms with Crippen molar-refractivity contribution >= 4 is 29.6 Å². The maximum Gasteiger partial charge on any atom is 0.254 e. The van der Waals surface area contributed by atoms with Gasteiger partial charge in [0.05, 0.1) is 30.7 Å². The zero-order valence-corrected chi connectivity index (χ0v) is 15.8. The van der Waals surface area contributed by atoms with Crippen molar-refractivity contribution in [1.82, 2.24) is 5.01 Å². The van der Waals surface area contributed by atoms with Crippen molar-refractivity contribution in [2.45, 2.75) is 6.42 Å². The number of halogens is 1. The van der Waals surface area contributed by atoms with Gasteiger partial charge < -0.3 is 9.15 Å². The molecule has 28 heavy (non-hydrogen) atoms. The van der Waals surface area contributed by atoms with Gasteiger partial charge >= 0.3 is 0 Å². The van der Waals surface area contributed by atoms with E-state index in [2.05, 4.69) is 17.3 Å². The van der Waals surface area contributed by atoms with Crippen molar-refractivity contribution in [2.75, 3.05) is 7.11 Å². The van der Waals surface area contributed by atoms with Gasteiger partial charge in [-0.1, -0.05) is 23.8 Å². The summed E-state index contributed by atoms with van der Waals surface area (Å²) in [5, 5.41) is 5.70. The van der Waals surface area contributed by atoms with Crippen LogP contribution in [0.1, 0.15) is 12.2 Å². The molecule has 0 unspecified atom stereocenters. The fraction of sp³-hybridized carbons (Fsp3) is 0.286. The molecule has 2 aromatic rings. The van der Waals surface area contributed by atoms with Crippen molar-refractivity contribution in [2.24, 2.45) is 28.8 Å². The summed E-state index contributed by atoms with van der Waals surface area (Å²) in [6.45, 7) is 0. The van der Waals surface area contributed by atoms with Crippen molar-refractivity contribution in [3.63, 3.8) is 0 Å². The molecule has 1 aromatic heterocycles. The quantitative estimate of drug-likeness (QED) is 0.448. The van der Waals surface area contributed by atoms with Crippen LogP contribution in [0, 0.1) is 23.7 Å². The van der Waals surface area contributed by atoms with Gasteiger partial charge in [-0.25, -0.2) is 0 Å². The van der Waals surface area contributed by atoms with E-state index < -0.39 is 0 Å². The first kappa shape index (κ1) is 17.3. The lowest BCUT2D eigenvalue weighted by Crippen LogP contribution is -2.28. The summed E-state index contributed by atoms with van der Waals surface area (Å²) in [6.07, 6.45) is 6.41. The number of benzene rings is 1. The molecule has 2 heterocycles. The van der Waals surface area contributed by atoms with Crippen molar-refractivity contribution in [3.8, 4) is 17.1 Å². The van der Waals surface area contributed by atoms with Gasteiger partial charge in [-0.3, -0.25) is 9.59 Å². The Morgan fingerprint density at radius 2 is 1.86 bits per heavy atom. The van der Waals surface area contributed by atoms with Crippen LogP contribution in [0.3, 0.4) is 0 Å². The molecule has 1 saturated heterocycles. The molecule has 6 nitrogen and oxygen atoms in total. The number of hydrazone groups is 1. The smallest absolute Gasteiger partial charge is 0.254 e. The fourth-order valence-corrected chi connectivity index (χ4v) is 4.73. The molecule has 0 spiro atoms. The fourth-order valence-electron chi connectivity index (χ4n) is 4.55. The second-order valence-electron chi connectivity index (χ2n) is 7.28. The van der Waals surface area contributed by atoms with Crippen LogP contribution in [-0.2, 0) is 9.59 Å². The molecule has 3 aliphatic rings. The molecule has 1 aromatic carbocycles. The van der Waals surface area contributed by atoms with Crippen molar-refractivity contribution < 1.29 is 18.7 Å². The van der Waals surface area contributed by atoms with Gasteiger partial charge in [0.1, 0.15) is 17.3 Å². The lowest BCUT2D eigenvalue weighted by atomic mass is 9.85. The third-order valence-electron chi connectivity index (χ3n) is 5.80. The predicted molar refractivity (Wildman–Crippen MR) is 103 cm³/mol. The zero-order valence-electron chi connectivity index (χ0n) is 15.0. The third-order valence-corrected chi connectivity index (χ3v) is 6.04. The lowest BCUT2D eigenvalue weighted by Gasteiger charge is -2.13. The SMILES string of the molecule is COc1ccc(Cl)cc1-c1ccc(/C=N\N2C(=O)[C@@H]3[C@@H](C2=O)[C@H]2C=C[C@@H]3C2)o1. The number of hydrogen-bond donors (Lipinski definition) is 0. The Kier molecular flexibility index (Phi) is 3.91. The van der Waals surface area contributed by atoms with Gasteiger partial charge in [-0.15, -0.1) is 0 Å². The molecule has 2 aliphatic carbocycles. The first-order valence-electron chi connectivity index (χ1n) is 9.10. The topological polar surface area (TPSA) is 72.1 Å². The summed E-state index contributed by atoms with van der Waals surface area (Å²) in [5.74, 6) is 0.981. The van der Waals surface area contributed by atoms with Gasteiger partial charge in [0.2, 0.25) is 0 Å². The summed E-state index contributed by atoms with van der Waals surface area (Å²) in [4.78, 5) is 25.3. The van der Waals surface area contributed by atoms with Crippen LogP contribution in [0.4, 0.5) is 0 Å². The molecule has 1 saturated carbocycles. The second kappa shape index (κ2) is 6.34. The number of imide groups is 1. The highest BCUT2D eigenvalue weighted by Crippen LogP contribution is 2.52. The van der Waals surface area contributed by atoms with E-state index in [1.165, 1.54) is 6.21 Å². The van der Waals surface area contributed by atoms with Crippen LogP contribution >= 0.6 is 11.6 Å². The average molecular weight is 397 g/mol. The molecule has 2 fully saturated rings. The number of fused-ring (bicyclic) bond motifs is 5. The molecule has 0 N–H and O–H groups in total. The molecule has 2 bridgehead atoms. The Hall–Kier alpha value is -2.86. The first-order valence-corrected chi connectivity index (χ1v) is 9.48. The van der Waals surface area contributed by atoms with Gasteiger partial charge in [0.25, 0.3) is 11.8 Å². The zero-order chi connectivity index (χ0) is 19.4. The van der Waals surface area contributed by atoms with Crippen LogP contribution in [0.5, 0.6) is 5.75 Å². The van der Waals surface area contributed by atoms with Gasteiger partial charge in [-0.2, -0.15) is 10.1 Å². The maximum atomic E-state index is 12.7. The Bertz CT molecular complexity index is 1010. The van der Waals surface area contributed by atoms with E-state index in [9.17, 15) is 9.59 Å². The Morgan fingerprint density at radius 1 is 1.14 bits per heavy atom. The molecule has 5 rings (SSSR count). The predicted octanol–water partition coefficient (Wildman–Crippen LogP) is 3.75. The summed E-state index contributed by atoms with van der Waals surface area (Å²) in [5.41, 5.74) is 0.708. The minimum Gasteiger partial charge on any atom is -0.496 e. The first-order chi connectivity index (χ1) is 13.6. The Labute approximate surface area is 166 Å². The van der Waals surface area contributed by atoms with Crippen LogP contribution in [0.25, 0.3) is 11.3 Å². The standard InChI is InChI=1S/C21H17ClN2O4/c1-27-16-6-4-13(22)9-15(16)17-7-5-14(28-17)10-23-24-20(25)18-11-2-3-12(8-11)19(18)21(24)26/h2-7,9-12,18-19H,8H2,1H3/b23-10-/t11-,12+,18-,19-/m0/s1. The van der Waals surface area contributed by atoms with Gasteiger partial charge in [0.15, 0.2) is 0 Å². The molecule has 2 amide bonds. The summed E-state index contributed by atoms with van der Waals surface area (Å²) >= 11 is 6.07. The minimum absolute atomic E-state index is 0.164. The molecule has 1 aliphatic heterocycles. The number of carbonyl (C=O) groups excluding carboxylic acids is 2. The summed E-state index contributed by atoms with van der Waals surface area (Å²) in [6, 6.07) is 8.73. The van der Waals surface area contributed by atoms with E-state index >= 15 is 0 Å². The van der Waals surface area contributed by atoms with E-state index in [0.717, 1.165) is 11.4 Å². The van der Waals surface area contributed by atoms with Crippen LogP contribution in [-0.4, -0.2) is 30.1 Å². The maximum absolute atomic E-state index is 12.7. The average Bonchev–Trinajstić information content (AvgIpc) is 3.46. The molecular weight excluding hydrogens is 380 g/mol. The Balaban J connectivity index is 1.38. The third kappa shape index (κ3) is 2.52. The van der Waals surface area contributed by atoms with Crippen molar-refractivity contribution in [3.05, 3.63) is 53.3 Å². The minimum atomic E-state index is -0.262. The number of amides is 2. The lowest BCUT2D eigenvalue weighted by molar-refractivity contribution is -0.140. The monoisotopic (exact) mass is 396 g/mol. The number of carbonyl (C=O) groups is 2. The number of methoxy groups -OCH3 is 1. The van der Waals surface area contributed by atoms with Crippen LogP contribution in [0.2, 0.25) is 5.02 Å². The molecule has 142 valence electrons. The van der Waals surface area contributed by atoms with E-state index in [4.69, 9.17) is 20.8 Å². The highest BCUT2D eigenvalue weighted by atomic mass is 35.5. The normalized spacial score (nSPS) is 28.0. The van der Waals surface area contributed by atoms with Gasteiger partial charge in [-0.05, 0) is 48.6 Å². The highest BCUT2D eigenvalue weighted by molar-refractivity contribution is 6.31. The number of nitrogens with zero attached hydrogens (tertiary/aromatic N) is 2. The molecule has 7 heteroatoms. The Morgan fingerprint density at radius 3 is 2.54 bits per heavy atom. The summed E-state index contributed by atoms with van der Waals surface area (Å²) in [7, 11) is 1.57. The van der Waals surface area contributed by atoms with Gasteiger partial charge in [0, 0.05) is 5.02 Å². The number of rotatable bonds is 4. The van der Waals surface area contributed by atoms with E-state index in [1.807, 2.05) is 0 Å². The largest absolute Gasteiger partial charge is 0.496 e. The second-order valence-corrected chi connectivity index (χ2v) is 7.72. The number of allylic oxidation sites excluding steroid dienone is 2. The van der Waals surface area contributed by atoms with E-state index in [-0.39, 0.29) is 35.5 Å². The van der Waals surface area contributed by atoms with Crippen LogP contribution < -0.4 is 4.74 Å². The van der Waals surface area contributed by atoms with Crippen LogP contribution in [0.15, 0.2) is 52.0 Å². The molecule has 4 atom stereocenters. The van der Waals surface area contributed by atoms with E-state index in [0.29, 0.717) is 27.9 Å². The molecular formula is C21H17ClN2O4. The number of hydrogen-bond acceptors (Lipinski definition) is 5. The number of ether oxygens (including phenoxy) is 1. The van der Waals surface area contributed by atoms with E-state index in [1.54, 1.807) is 37.4 Å². The number of furan rings is 1. The van der Waals surface area contributed by atoms with Crippen molar-refractivity contribution in [1.29, 1.82) is 0 Å². The summed E-state index contributed by atoms with van der Waals surface area (Å²) < 4.78 is 11.1. The highest BCUT2D eigenvalue weighted by Gasteiger charge is 2.59. The molecule has 0 radical (unpaired) electrons.